The highest BCUT2D eigenvalue weighted by atomic mass is 16.2. The first-order valence-electron chi connectivity index (χ1n) is 7.57. The molecular formula is C15H26N2O2. The molecule has 4 heteroatoms. The summed E-state index contributed by atoms with van der Waals surface area (Å²) in [5.41, 5.74) is 0. The van der Waals surface area contributed by atoms with E-state index in [0.717, 1.165) is 6.54 Å². The summed E-state index contributed by atoms with van der Waals surface area (Å²) in [5.74, 6) is 1.59. The van der Waals surface area contributed by atoms with Crippen LogP contribution >= 0.6 is 0 Å². The van der Waals surface area contributed by atoms with Gasteiger partial charge in [-0.3, -0.25) is 9.59 Å². The van der Waals surface area contributed by atoms with Crippen molar-refractivity contribution >= 4 is 11.8 Å². The number of hydrogen-bond acceptors (Lipinski definition) is 2. The maximum absolute atomic E-state index is 12.5. The molecular weight excluding hydrogens is 240 g/mol. The number of hydrogen-bond donors (Lipinski definition) is 1. The minimum Gasteiger partial charge on any atom is -0.344 e. The smallest absolute Gasteiger partial charge is 0.245 e. The molecule has 1 N–H and O–H groups in total. The van der Waals surface area contributed by atoms with E-state index >= 15 is 0 Å². The second-order valence-corrected chi connectivity index (χ2v) is 6.49. The summed E-state index contributed by atoms with van der Waals surface area (Å²) in [6.45, 7) is 7.67. The van der Waals surface area contributed by atoms with E-state index in [1.165, 1.54) is 19.3 Å². The number of nitrogens with one attached hydrogen (secondary N) is 1. The van der Waals surface area contributed by atoms with Crippen LogP contribution in [0.25, 0.3) is 0 Å². The van der Waals surface area contributed by atoms with E-state index in [1.54, 1.807) is 0 Å². The lowest BCUT2D eigenvalue weighted by Crippen LogP contribution is -2.48. The van der Waals surface area contributed by atoms with Crippen molar-refractivity contribution in [2.45, 2.75) is 52.5 Å². The molecule has 108 valence electrons. The van der Waals surface area contributed by atoms with Gasteiger partial charge in [-0.1, -0.05) is 33.6 Å². The van der Waals surface area contributed by atoms with Gasteiger partial charge in [0.25, 0.3) is 0 Å². The highest BCUT2D eigenvalue weighted by Crippen LogP contribution is 2.32. The summed E-state index contributed by atoms with van der Waals surface area (Å²) in [6, 6.07) is -0.341. The van der Waals surface area contributed by atoms with Crippen molar-refractivity contribution in [3.8, 4) is 0 Å². The van der Waals surface area contributed by atoms with E-state index in [0.29, 0.717) is 24.8 Å². The van der Waals surface area contributed by atoms with Crippen molar-refractivity contribution in [1.29, 1.82) is 0 Å². The van der Waals surface area contributed by atoms with Crippen molar-refractivity contribution < 1.29 is 9.59 Å². The SMILES string of the molecule is CC(C)C1NC(=O)CCN(CC2CCCC2C)C1=O. The molecule has 2 fully saturated rings. The summed E-state index contributed by atoms with van der Waals surface area (Å²) in [6.07, 6.45) is 4.21. The normalized spacial score (nSPS) is 32.6. The molecule has 0 spiro atoms. The average molecular weight is 266 g/mol. The molecule has 4 nitrogen and oxygen atoms in total. The monoisotopic (exact) mass is 266 g/mol. The topological polar surface area (TPSA) is 49.4 Å². The van der Waals surface area contributed by atoms with E-state index < -0.39 is 0 Å². The third-order valence-electron chi connectivity index (χ3n) is 4.66. The Morgan fingerprint density at radius 3 is 2.63 bits per heavy atom. The predicted molar refractivity (Wildman–Crippen MR) is 74.5 cm³/mol. The van der Waals surface area contributed by atoms with Gasteiger partial charge < -0.3 is 10.2 Å². The van der Waals surface area contributed by atoms with Gasteiger partial charge in [0.1, 0.15) is 6.04 Å². The van der Waals surface area contributed by atoms with Crippen molar-refractivity contribution in [3.05, 3.63) is 0 Å². The summed E-state index contributed by atoms with van der Waals surface area (Å²) >= 11 is 0. The van der Waals surface area contributed by atoms with Crippen molar-refractivity contribution in [3.63, 3.8) is 0 Å². The summed E-state index contributed by atoms with van der Waals surface area (Å²) < 4.78 is 0. The molecule has 0 aromatic heterocycles. The van der Waals surface area contributed by atoms with E-state index in [9.17, 15) is 9.59 Å². The molecule has 0 bridgehead atoms. The zero-order valence-electron chi connectivity index (χ0n) is 12.3. The van der Waals surface area contributed by atoms with Crippen LogP contribution in [-0.4, -0.2) is 35.8 Å². The Kier molecular flexibility index (Phi) is 4.48. The molecule has 19 heavy (non-hydrogen) atoms. The van der Waals surface area contributed by atoms with Gasteiger partial charge >= 0.3 is 0 Å². The minimum atomic E-state index is -0.341. The van der Waals surface area contributed by atoms with Crippen LogP contribution in [-0.2, 0) is 9.59 Å². The molecule has 1 saturated heterocycles. The number of carbonyl (C=O) groups is 2. The summed E-state index contributed by atoms with van der Waals surface area (Å²) in [4.78, 5) is 26.2. The van der Waals surface area contributed by atoms with Crippen LogP contribution < -0.4 is 5.32 Å². The first-order chi connectivity index (χ1) is 8.99. The van der Waals surface area contributed by atoms with Crippen LogP contribution in [0.4, 0.5) is 0 Å². The predicted octanol–water partition coefficient (Wildman–Crippen LogP) is 1.80. The third-order valence-corrected chi connectivity index (χ3v) is 4.66. The fourth-order valence-corrected chi connectivity index (χ4v) is 3.26. The molecule has 2 aliphatic rings. The molecule has 0 aromatic carbocycles. The third kappa shape index (κ3) is 3.28. The zero-order chi connectivity index (χ0) is 14.0. The second-order valence-electron chi connectivity index (χ2n) is 6.49. The zero-order valence-corrected chi connectivity index (χ0v) is 12.3. The molecule has 3 unspecified atom stereocenters. The first kappa shape index (κ1) is 14.4. The maximum Gasteiger partial charge on any atom is 0.245 e. The van der Waals surface area contributed by atoms with Crippen LogP contribution in [0.3, 0.4) is 0 Å². The lowest BCUT2D eigenvalue weighted by molar-refractivity contribution is -0.135. The van der Waals surface area contributed by atoms with Crippen molar-refractivity contribution in [1.82, 2.24) is 10.2 Å². The minimum absolute atomic E-state index is 0.00835. The number of carbonyl (C=O) groups excluding carboxylic acids is 2. The van der Waals surface area contributed by atoms with Crippen LogP contribution in [0, 0.1) is 17.8 Å². The van der Waals surface area contributed by atoms with Crippen molar-refractivity contribution in [2.24, 2.45) is 17.8 Å². The average Bonchev–Trinajstić information content (AvgIpc) is 2.69. The maximum atomic E-state index is 12.5. The molecule has 1 saturated carbocycles. The van der Waals surface area contributed by atoms with E-state index in [2.05, 4.69) is 12.2 Å². The van der Waals surface area contributed by atoms with Crippen LogP contribution in [0.2, 0.25) is 0 Å². The van der Waals surface area contributed by atoms with Crippen molar-refractivity contribution in [2.75, 3.05) is 13.1 Å². The molecule has 3 atom stereocenters. The molecule has 1 aliphatic heterocycles. The van der Waals surface area contributed by atoms with E-state index in [-0.39, 0.29) is 23.8 Å². The Labute approximate surface area is 115 Å². The molecule has 1 aliphatic carbocycles. The van der Waals surface area contributed by atoms with Gasteiger partial charge in [-0.05, 0) is 24.2 Å². The first-order valence-corrected chi connectivity index (χ1v) is 7.57. The van der Waals surface area contributed by atoms with Gasteiger partial charge in [-0.2, -0.15) is 0 Å². The van der Waals surface area contributed by atoms with Gasteiger partial charge in [-0.15, -0.1) is 0 Å². The Balaban J connectivity index is 2.05. The number of nitrogens with zero attached hydrogens (tertiary/aromatic N) is 1. The van der Waals surface area contributed by atoms with Gasteiger partial charge in [0.2, 0.25) is 11.8 Å². The molecule has 0 radical (unpaired) electrons. The van der Waals surface area contributed by atoms with Gasteiger partial charge in [0.15, 0.2) is 0 Å². The van der Waals surface area contributed by atoms with Gasteiger partial charge in [0.05, 0.1) is 0 Å². The fourth-order valence-electron chi connectivity index (χ4n) is 3.26. The van der Waals surface area contributed by atoms with E-state index in [1.807, 2.05) is 18.7 Å². The Morgan fingerprint density at radius 2 is 2.05 bits per heavy atom. The summed E-state index contributed by atoms with van der Waals surface area (Å²) in [7, 11) is 0. The summed E-state index contributed by atoms with van der Waals surface area (Å²) in [5, 5.41) is 2.86. The Morgan fingerprint density at radius 1 is 1.32 bits per heavy atom. The molecule has 2 rings (SSSR count). The van der Waals surface area contributed by atoms with Gasteiger partial charge in [0, 0.05) is 19.5 Å². The van der Waals surface area contributed by atoms with Crippen LogP contribution in [0.15, 0.2) is 0 Å². The standard InChI is InChI=1S/C15H26N2O2/c1-10(2)14-15(19)17(8-7-13(18)16-14)9-12-6-4-5-11(12)3/h10-12,14H,4-9H2,1-3H3,(H,16,18). The Hall–Kier alpha value is -1.06. The highest BCUT2D eigenvalue weighted by Gasteiger charge is 2.34. The van der Waals surface area contributed by atoms with E-state index in [4.69, 9.17) is 0 Å². The highest BCUT2D eigenvalue weighted by molar-refractivity contribution is 5.90. The molecule has 1 heterocycles. The quantitative estimate of drug-likeness (QED) is 0.846. The Bertz CT molecular complexity index is 354. The van der Waals surface area contributed by atoms with Crippen LogP contribution in [0.1, 0.15) is 46.5 Å². The number of amides is 2. The largest absolute Gasteiger partial charge is 0.344 e. The second kappa shape index (κ2) is 5.93. The van der Waals surface area contributed by atoms with Crippen LogP contribution in [0.5, 0.6) is 0 Å². The molecule has 2 amide bonds. The fraction of sp³-hybridized carbons (Fsp3) is 0.867. The molecule has 0 aromatic rings. The lowest BCUT2D eigenvalue weighted by Gasteiger charge is -2.29. The number of rotatable bonds is 3. The lowest BCUT2D eigenvalue weighted by atomic mass is 9.96. The van der Waals surface area contributed by atoms with Gasteiger partial charge in [-0.25, -0.2) is 0 Å².